The topological polar surface area (TPSA) is 63.6 Å². The summed E-state index contributed by atoms with van der Waals surface area (Å²) in [5, 5.41) is 10.0. The normalized spacial score (nSPS) is 21.8. The average Bonchev–Trinajstić information content (AvgIpc) is 2.96. The van der Waals surface area contributed by atoms with Gasteiger partial charge in [0.15, 0.2) is 0 Å². The molecule has 1 aliphatic carbocycles. The van der Waals surface area contributed by atoms with E-state index in [1.54, 1.807) is 0 Å². The Morgan fingerprint density at radius 2 is 2.00 bits per heavy atom. The van der Waals surface area contributed by atoms with Crippen LogP contribution in [-0.2, 0) is 14.3 Å². The molecule has 1 aliphatic rings. The number of aliphatic hydroxyl groups excluding tert-OH is 1. The molecule has 1 rings (SSSR count). The summed E-state index contributed by atoms with van der Waals surface area (Å²) in [6.45, 7) is 2.16. The largest absolute Gasteiger partial charge is 0.469 e. The number of hydrogen-bond donors (Lipinski definition) is 1. The van der Waals surface area contributed by atoms with Crippen LogP contribution in [0.4, 0.5) is 0 Å². The van der Waals surface area contributed by atoms with Crippen LogP contribution in [0.25, 0.3) is 0 Å². The van der Waals surface area contributed by atoms with Gasteiger partial charge in [0.2, 0.25) is 0 Å². The van der Waals surface area contributed by atoms with Crippen LogP contribution < -0.4 is 0 Å². The molecule has 0 unspecified atom stereocenters. The number of unbranched alkanes of at least 4 members (excludes halogenated alkanes) is 5. The number of rotatable bonds is 13. The summed E-state index contributed by atoms with van der Waals surface area (Å²) in [6.07, 6.45) is 14.8. The van der Waals surface area contributed by atoms with E-state index in [9.17, 15) is 14.7 Å². The summed E-state index contributed by atoms with van der Waals surface area (Å²) < 4.78 is 4.63. The second-order valence-corrected chi connectivity index (χ2v) is 7.25. The number of carbonyl (C=O) groups is 2. The van der Waals surface area contributed by atoms with E-state index < -0.39 is 0 Å². The molecule has 0 aliphatic heterocycles. The van der Waals surface area contributed by atoms with E-state index in [1.165, 1.54) is 7.11 Å². The minimum atomic E-state index is -0.374. The highest BCUT2D eigenvalue weighted by atomic mass is 16.5. The summed E-state index contributed by atoms with van der Waals surface area (Å²) in [6, 6.07) is 0. The first-order chi connectivity index (χ1) is 12.1. The zero-order chi connectivity index (χ0) is 18.5. The lowest BCUT2D eigenvalue weighted by Gasteiger charge is -2.15. The van der Waals surface area contributed by atoms with E-state index in [-0.39, 0.29) is 18.0 Å². The van der Waals surface area contributed by atoms with Crippen LogP contribution in [0.5, 0.6) is 0 Å². The lowest BCUT2D eigenvalue weighted by atomic mass is 9.89. The van der Waals surface area contributed by atoms with Gasteiger partial charge < -0.3 is 9.84 Å². The molecule has 0 aromatic heterocycles. The minimum Gasteiger partial charge on any atom is -0.469 e. The molecule has 0 saturated heterocycles. The monoisotopic (exact) mass is 352 g/mol. The van der Waals surface area contributed by atoms with E-state index in [1.807, 2.05) is 6.08 Å². The maximum absolute atomic E-state index is 12.1. The molecule has 1 fully saturated rings. The van der Waals surface area contributed by atoms with Gasteiger partial charge in [-0.1, -0.05) is 57.6 Å². The average molecular weight is 353 g/mol. The quantitative estimate of drug-likeness (QED) is 0.299. The van der Waals surface area contributed by atoms with Gasteiger partial charge in [-0.3, -0.25) is 9.59 Å². The summed E-state index contributed by atoms with van der Waals surface area (Å²) in [5.41, 5.74) is 0. The summed E-state index contributed by atoms with van der Waals surface area (Å²) >= 11 is 0. The van der Waals surface area contributed by atoms with E-state index in [4.69, 9.17) is 0 Å². The van der Waals surface area contributed by atoms with Crippen molar-refractivity contribution in [3.8, 4) is 0 Å². The Balaban J connectivity index is 2.26. The molecule has 0 spiro atoms. The molecule has 0 amide bonds. The number of hydrogen-bond acceptors (Lipinski definition) is 4. The Bertz CT molecular complexity index is 416. The van der Waals surface area contributed by atoms with Crippen molar-refractivity contribution in [1.82, 2.24) is 0 Å². The van der Waals surface area contributed by atoms with Crippen LogP contribution in [0, 0.1) is 11.8 Å². The van der Waals surface area contributed by atoms with E-state index in [0.29, 0.717) is 24.5 Å². The predicted octanol–water partition coefficient (Wildman–Crippen LogP) is 4.59. The maximum atomic E-state index is 12.1. The summed E-state index contributed by atoms with van der Waals surface area (Å²) in [5.74, 6) is 0.654. The second-order valence-electron chi connectivity index (χ2n) is 7.25. The standard InChI is InChI=1S/C21H36O4/c1-3-4-7-10-18(22)15-13-17-14-16-20(23)19(17)11-8-5-6-9-12-21(24)25-2/h13,15,17-19,22H,3-12,14,16H2,1-2H3/t17-,18-,19+/m0/s1. The molecule has 144 valence electrons. The van der Waals surface area contributed by atoms with E-state index in [0.717, 1.165) is 64.2 Å². The SMILES string of the molecule is CCCCC[C@H](O)C=C[C@H]1CCC(=O)[C@@H]1CCCCCCC(=O)OC. The zero-order valence-electron chi connectivity index (χ0n) is 16.0. The van der Waals surface area contributed by atoms with Crippen molar-refractivity contribution in [3.05, 3.63) is 12.2 Å². The highest BCUT2D eigenvalue weighted by Crippen LogP contribution is 2.34. The van der Waals surface area contributed by atoms with Gasteiger partial charge in [-0.25, -0.2) is 0 Å². The first-order valence-electron chi connectivity index (χ1n) is 10.0. The second kappa shape index (κ2) is 13.1. The number of methoxy groups -OCH3 is 1. The summed E-state index contributed by atoms with van der Waals surface area (Å²) in [4.78, 5) is 23.2. The Labute approximate surface area is 153 Å². The Hall–Kier alpha value is -1.16. The maximum Gasteiger partial charge on any atom is 0.305 e. The van der Waals surface area contributed by atoms with Gasteiger partial charge in [-0.05, 0) is 31.6 Å². The minimum absolute atomic E-state index is 0.125. The molecule has 4 nitrogen and oxygen atoms in total. The third-order valence-electron chi connectivity index (χ3n) is 5.21. The molecular weight excluding hydrogens is 316 g/mol. The van der Waals surface area contributed by atoms with Crippen molar-refractivity contribution < 1.29 is 19.4 Å². The Kier molecular flexibility index (Phi) is 11.5. The molecule has 0 radical (unpaired) electrons. The van der Waals surface area contributed by atoms with Crippen molar-refractivity contribution >= 4 is 11.8 Å². The van der Waals surface area contributed by atoms with Gasteiger partial charge in [0.1, 0.15) is 5.78 Å². The van der Waals surface area contributed by atoms with Crippen LogP contribution in [0.2, 0.25) is 0 Å². The molecule has 1 N–H and O–H groups in total. The molecule has 4 heteroatoms. The van der Waals surface area contributed by atoms with Gasteiger partial charge in [-0.2, -0.15) is 0 Å². The van der Waals surface area contributed by atoms with E-state index in [2.05, 4.69) is 17.7 Å². The smallest absolute Gasteiger partial charge is 0.305 e. The number of esters is 1. The van der Waals surface area contributed by atoms with Crippen LogP contribution in [0.1, 0.15) is 84.0 Å². The van der Waals surface area contributed by atoms with Crippen LogP contribution in [0.3, 0.4) is 0 Å². The zero-order valence-corrected chi connectivity index (χ0v) is 16.0. The van der Waals surface area contributed by atoms with Crippen LogP contribution >= 0.6 is 0 Å². The van der Waals surface area contributed by atoms with E-state index >= 15 is 0 Å². The third-order valence-corrected chi connectivity index (χ3v) is 5.21. The van der Waals surface area contributed by atoms with Crippen LogP contribution in [0.15, 0.2) is 12.2 Å². The van der Waals surface area contributed by atoms with Crippen molar-refractivity contribution in [2.24, 2.45) is 11.8 Å². The van der Waals surface area contributed by atoms with Crippen molar-refractivity contribution in [2.45, 2.75) is 90.1 Å². The van der Waals surface area contributed by atoms with Crippen molar-refractivity contribution in [1.29, 1.82) is 0 Å². The highest BCUT2D eigenvalue weighted by Gasteiger charge is 2.32. The number of ether oxygens (including phenoxy) is 1. The lowest BCUT2D eigenvalue weighted by molar-refractivity contribution is -0.140. The van der Waals surface area contributed by atoms with Gasteiger partial charge in [0.25, 0.3) is 0 Å². The lowest BCUT2D eigenvalue weighted by Crippen LogP contribution is -2.14. The van der Waals surface area contributed by atoms with Gasteiger partial charge in [0.05, 0.1) is 13.2 Å². The first-order valence-corrected chi connectivity index (χ1v) is 10.0. The number of allylic oxidation sites excluding steroid dienone is 1. The molecule has 3 atom stereocenters. The summed E-state index contributed by atoms with van der Waals surface area (Å²) in [7, 11) is 1.42. The van der Waals surface area contributed by atoms with Crippen molar-refractivity contribution in [3.63, 3.8) is 0 Å². The van der Waals surface area contributed by atoms with Crippen LogP contribution in [-0.4, -0.2) is 30.1 Å². The van der Waals surface area contributed by atoms with Gasteiger partial charge >= 0.3 is 5.97 Å². The molecule has 25 heavy (non-hydrogen) atoms. The molecule has 0 heterocycles. The molecule has 0 bridgehead atoms. The Morgan fingerprint density at radius 1 is 1.24 bits per heavy atom. The van der Waals surface area contributed by atoms with Gasteiger partial charge in [-0.15, -0.1) is 0 Å². The molecule has 0 aromatic carbocycles. The molecular formula is C21H36O4. The number of carbonyl (C=O) groups excluding carboxylic acids is 2. The van der Waals surface area contributed by atoms with Gasteiger partial charge in [0, 0.05) is 18.8 Å². The number of Topliss-reactive ketones (excluding diaryl/α,β-unsaturated/α-hetero) is 1. The Morgan fingerprint density at radius 3 is 2.72 bits per heavy atom. The fraction of sp³-hybridized carbons (Fsp3) is 0.810. The fourth-order valence-corrected chi connectivity index (χ4v) is 3.60. The fourth-order valence-electron chi connectivity index (χ4n) is 3.60. The first kappa shape index (κ1) is 21.9. The molecule has 0 aromatic rings. The molecule has 1 saturated carbocycles. The highest BCUT2D eigenvalue weighted by molar-refractivity contribution is 5.83. The third kappa shape index (κ3) is 9.20. The number of ketones is 1. The predicted molar refractivity (Wildman–Crippen MR) is 100 cm³/mol. The number of aliphatic hydroxyl groups is 1. The van der Waals surface area contributed by atoms with Crippen molar-refractivity contribution in [2.75, 3.05) is 7.11 Å².